The van der Waals surface area contributed by atoms with Crippen molar-refractivity contribution in [2.45, 2.75) is 39.8 Å². The van der Waals surface area contributed by atoms with Crippen LogP contribution in [0.2, 0.25) is 0 Å². The monoisotopic (exact) mass is 267 g/mol. The molecule has 1 aromatic rings. The van der Waals surface area contributed by atoms with Crippen molar-refractivity contribution in [3.63, 3.8) is 0 Å². The van der Waals surface area contributed by atoms with E-state index >= 15 is 0 Å². The van der Waals surface area contributed by atoms with Gasteiger partial charge in [0, 0.05) is 12.6 Å². The lowest BCUT2D eigenvalue weighted by Crippen LogP contribution is -2.26. The summed E-state index contributed by atoms with van der Waals surface area (Å²) in [6.07, 6.45) is 1.07. The maximum absolute atomic E-state index is 13.7. The first kappa shape index (κ1) is 15.6. The van der Waals surface area contributed by atoms with Crippen LogP contribution in [0.25, 0.3) is 0 Å². The van der Waals surface area contributed by atoms with E-state index in [9.17, 15) is 9.18 Å². The fourth-order valence-electron chi connectivity index (χ4n) is 2.03. The van der Waals surface area contributed by atoms with Crippen LogP contribution < -0.4 is 5.32 Å². The standard InChI is InChI=1S/C15H22FNO2/c1-10(2)7-11(3)17-9-12-5-6-13(14(16)8-12)15(18)19-4/h5-6,8,10-11,17H,7,9H2,1-4H3. The minimum atomic E-state index is -0.648. The molecule has 0 amide bonds. The molecule has 0 aliphatic carbocycles. The van der Waals surface area contributed by atoms with Crippen LogP contribution in [-0.4, -0.2) is 19.1 Å². The van der Waals surface area contributed by atoms with Crippen molar-refractivity contribution in [3.05, 3.63) is 35.1 Å². The summed E-state index contributed by atoms with van der Waals surface area (Å²) < 4.78 is 18.2. The molecule has 106 valence electrons. The summed E-state index contributed by atoms with van der Waals surface area (Å²) in [6, 6.07) is 4.96. The van der Waals surface area contributed by atoms with E-state index in [1.165, 1.54) is 19.2 Å². The number of carbonyl (C=O) groups excluding carboxylic acids is 1. The molecule has 0 heterocycles. The zero-order valence-electron chi connectivity index (χ0n) is 12.0. The van der Waals surface area contributed by atoms with E-state index in [0.29, 0.717) is 18.5 Å². The van der Waals surface area contributed by atoms with Gasteiger partial charge in [0.05, 0.1) is 12.7 Å². The van der Waals surface area contributed by atoms with E-state index in [1.807, 2.05) is 0 Å². The van der Waals surface area contributed by atoms with Gasteiger partial charge in [0.1, 0.15) is 5.82 Å². The molecule has 1 unspecified atom stereocenters. The number of methoxy groups -OCH3 is 1. The Labute approximate surface area is 114 Å². The maximum Gasteiger partial charge on any atom is 0.340 e. The maximum atomic E-state index is 13.7. The van der Waals surface area contributed by atoms with Crippen LogP contribution in [0.1, 0.15) is 43.1 Å². The van der Waals surface area contributed by atoms with E-state index in [-0.39, 0.29) is 5.56 Å². The lowest BCUT2D eigenvalue weighted by atomic mass is 10.0. The first-order valence-electron chi connectivity index (χ1n) is 6.54. The van der Waals surface area contributed by atoms with Crippen LogP contribution in [-0.2, 0) is 11.3 Å². The van der Waals surface area contributed by atoms with Crippen molar-refractivity contribution in [3.8, 4) is 0 Å². The Morgan fingerprint density at radius 1 is 1.37 bits per heavy atom. The number of benzene rings is 1. The topological polar surface area (TPSA) is 38.3 Å². The van der Waals surface area contributed by atoms with Gasteiger partial charge < -0.3 is 10.1 Å². The van der Waals surface area contributed by atoms with Crippen molar-refractivity contribution in [2.24, 2.45) is 5.92 Å². The average molecular weight is 267 g/mol. The van der Waals surface area contributed by atoms with Gasteiger partial charge in [-0.05, 0) is 37.0 Å². The molecule has 0 saturated carbocycles. The Morgan fingerprint density at radius 3 is 2.58 bits per heavy atom. The van der Waals surface area contributed by atoms with Gasteiger partial charge in [-0.3, -0.25) is 0 Å². The van der Waals surface area contributed by atoms with E-state index in [1.54, 1.807) is 6.07 Å². The molecule has 3 nitrogen and oxygen atoms in total. The molecule has 0 fully saturated rings. The molecular weight excluding hydrogens is 245 g/mol. The molecule has 0 aliphatic rings. The Hall–Kier alpha value is -1.42. The summed E-state index contributed by atoms with van der Waals surface area (Å²) in [4.78, 5) is 11.3. The molecule has 4 heteroatoms. The van der Waals surface area contributed by atoms with Gasteiger partial charge in [0.15, 0.2) is 0 Å². The lowest BCUT2D eigenvalue weighted by Gasteiger charge is -2.16. The highest BCUT2D eigenvalue weighted by molar-refractivity contribution is 5.89. The molecule has 0 radical (unpaired) electrons. The fraction of sp³-hybridized carbons (Fsp3) is 0.533. The molecular formula is C15H22FNO2. The summed E-state index contributed by atoms with van der Waals surface area (Å²) in [7, 11) is 1.24. The van der Waals surface area contributed by atoms with Gasteiger partial charge in [0.25, 0.3) is 0 Å². The SMILES string of the molecule is COC(=O)c1ccc(CNC(C)CC(C)C)cc1F. The number of rotatable bonds is 6. The Kier molecular flexibility index (Phi) is 5.96. The van der Waals surface area contributed by atoms with Crippen LogP contribution >= 0.6 is 0 Å². The molecule has 1 N–H and O–H groups in total. The summed E-state index contributed by atoms with van der Waals surface area (Å²) in [5.41, 5.74) is 0.794. The van der Waals surface area contributed by atoms with E-state index < -0.39 is 11.8 Å². The molecule has 0 saturated heterocycles. The molecule has 0 aromatic heterocycles. The second kappa shape index (κ2) is 7.24. The third-order valence-corrected chi connectivity index (χ3v) is 2.92. The number of hydrogen-bond acceptors (Lipinski definition) is 3. The van der Waals surface area contributed by atoms with Crippen LogP contribution in [0.4, 0.5) is 4.39 Å². The van der Waals surface area contributed by atoms with E-state index in [0.717, 1.165) is 12.0 Å². The minimum Gasteiger partial charge on any atom is -0.465 e. The van der Waals surface area contributed by atoms with Crippen molar-refractivity contribution in [2.75, 3.05) is 7.11 Å². The molecule has 0 bridgehead atoms. The summed E-state index contributed by atoms with van der Waals surface area (Å²) in [5.74, 6) is -0.561. The minimum absolute atomic E-state index is 0.0264. The van der Waals surface area contributed by atoms with Gasteiger partial charge in [0.2, 0.25) is 0 Å². The Morgan fingerprint density at radius 2 is 2.05 bits per heavy atom. The molecule has 0 aliphatic heterocycles. The molecule has 19 heavy (non-hydrogen) atoms. The number of halogens is 1. The number of carbonyl (C=O) groups is 1. The number of esters is 1. The largest absolute Gasteiger partial charge is 0.465 e. The molecule has 1 rings (SSSR count). The van der Waals surface area contributed by atoms with Gasteiger partial charge in [-0.1, -0.05) is 19.9 Å². The zero-order chi connectivity index (χ0) is 14.4. The second-order valence-electron chi connectivity index (χ2n) is 5.22. The zero-order valence-corrected chi connectivity index (χ0v) is 12.0. The van der Waals surface area contributed by atoms with Gasteiger partial charge in [-0.15, -0.1) is 0 Å². The number of nitrogens with one attached hydrogen (secondary N) is 1. The summed E-state index contributed by atoms with van der Waals surface area (Å²) >= 11 is 0. The van der Waals surface area contributed by atoms with Crippen molar-refractivity contribution >= 4 is 5.97 Å². The van der Waals surface area contributed by atoms with Crippen LogP contribution in [0.5, 0.6) is 0 Å². The fourth-order valence-corrected chi connectivity index (χ4v) is 2.03. The number of hydrogen-bond donors (Lipinski definition) is 1. The lowest BCUT2D eigenvalue weighted by molar-refractivity contribution is 0.0595. The predicted octanol–water partition coefficient (Wildman–Crippen LogP) is 3.14. The first-order valence-corrected chi connectivity index (χ1v) is 6.54. The van der Waals surface area contributed by atoms with Gasteiger partial charge >= 0.3 is 5.97 Å². The van der Waals surface area contributed by atoms with Crippen molar-refractivity contribution in [1.29, 1.82) is 0 Å². The van der Waals surface area contributed by atoms with Crippen LogP contribution in [0.3, 0.4) is 0 Å². The van der Waals surface area contributed by atoms with Gasteiger partial charge in [-0.2, -0.15) is 0 Å². The third kappa shape index (κ3) is 4.99. The Balaban J connectivity index is 2.61. The molecule has 1 aromatic carbocycles. The molecule has 0 spiro atoms. The predicted molar refractivity (Wildman–Crippen MR) is 73.5 cm³/mol. The summed E-state index contributed by atoms with van der Waals surface area (Å²) in [6.45, 7) is 7.04. The van der Waals surface area contributed by atoms with Gasteiger partial charge in [-0.25, -0.2) is 9.18 Å². The normalized spacial score (nSPS) is 12.5. The van der Waals surface area contributed by atoms with Crippen molar-refractivity contribution < 1.29 is 13.9 Å². The van der Waals surface area contributed by atoms with Crippen LogP contribution in [0.15, 0.2) is 18.2 Å². The van der Waals surface area contributed by atoms with Crippen LogP contribution in [0, 0.1) is 11.7 Å². The average Bonchev–Trinajstić information content (AvgIpc) is 2.35. The quantitative estimate of drug-likeness (QED) is 0.805. The first-order chi connectivity index (χ1) is 8.93. The molecule has 1 atom stereocenters. The van der Waals surface area contributed by atoms with Crippen molar-refractivity contribution in [1.82, 2.24) is 5.32 Å². The Bertz CT molecular complexity index is 432. The summed E-state index contributed by atoms with van der Waals surface area (Å²) in [5, 5.41) is 3.34. The smallest absolute Gasteiger partial charge is 0.340 e. The number of ether oxygens (including phenoxy) is 1. The van der Waals surface area contributed by atoms with E-state index in [2.05, 4.69) is 30.8 Å². The highest BCUT2D eigenvalue weighted by atomic mass is 19.1. The highest BCUT2D eigenvalue weighted by Crippen LogP contribution is 2.12. The highest BCUT2D eigenvalue weighted by Gasteiger charge is 2.12. The second-order valence-corrected chi connectivity index (χ2v) is 5.22. The third-order valence-electron chi connectivity index (χ3n) is 2.92. The van der Waals surface area contributed by atoms with E-state index in [4.69, 9.17) is 0 Å².